The predicted molar refractivity (Wildman–Crippen MR) is 102 cm³/mol. The fraction of sp³-hybridized carbons (Fsp3) is 0.750. The molecule has 152 valence electrons. The smallest absolute Gasteiger partial charge is 0.330 e. The molecule has 0 heterocycles. The minimum Gasteiger partial charge on any atom is -0.460 e. The minimum absolute atomic E-state index is 0.0380. The van der Waals surface area contributed by atoms with E-state index in [1.807, 2.05) is 6.92 Å². The third-order valence-corrected chi connectivity index (χ3v) is 3.98. The van der Waals surface area contributed by atoms with Crippen LogP contribution in [0.2, 0.25) is 0 Å². The normalized spacial score (nSPS) is 14.4. The predicted octanol–water partition coefficient (Wildman–Crippen LogP) is 4.00. The Hall–Kier alpha value is -1.21. The lowest BCUT2D eigenvalue weighted by Gasteiger charge is -2.20. The standard InChI is InChI=1S/C20H36O6/c1-6-18(24-15-22-4)13-14-19(25-16-23-5)12-10-8-9-11-17(3)26-20(21)7-2/h6-7,17-19H,1-2,8-16H2,3-5H3/t17-,18+,19-/m0/s1. The van der Waals surface area contributed by atoms with Crippen molar-refractivity contribution in [3.63, 3.8) is 0 Å². The van der Waals surface area contributed by atoms with Crippen molar-refractivity contribution in [2.75, 3.05) is 27.8 Å². The molecule has 0 aromatic heterocycles. The van der Waals surface area contributed by atoms with Crippen LogP contribution in [0.15, 0.2) is 25.3 Å². The van der Waals surface area contributed by atoms with E-state index in [-0.39, 0.29) is 37.9 Å². The molecule has 0 aromatic carbocycles. The summed E-state index contributed by atoms with van der Waals surface area (Å²) in [4.78, 5) is 11.1. The van der Waals surface area contributed by atoms with Crippen LogP contribution in [0.3, 0.4) is 0 Å². The molecule has 0 bridgehead atoms. The van der Waals surface area contributed by atoms with Gasteiger partial charge in [0.2, 0.25) is 0 Å². The molecule has 0 N–H and O–H groups in total. The van der Waals surface area contributed by atoms with Gasteiger partial charge in [0.15, 0.2) is 0 Å². The highest BCUT2D eigenvalue weighted by molar-refractivity contribution is 5.81. The van der Waals surface area contributed by atoms with Crippen molar-refractivity contribution in [3.8, 4) is 0 Å². The van der Waals surface area contributed by atoms with Gasteiger partial charge in [0.25, 0.3) is 0 Å². The summed E-state index contributed by atoms with van der Waals surface area (Å²) in [6, 6.07) is 0. The van der Waals surface area contributed by atoms with Gasteiger partial charge < -0.3 is 23.7 Å². The van der Waals surface area contributed by atoms with Crippen LogP contribution in [0, 0.1) is 0 Å². The number of carbonyl (C=O) groups is 1. The molecule has 6 nitrogen and oxygen atoms in total. The Morgan fingerprint density at radius 2 is 1.58 bits per heavy atom. The number of hydrogen-bond acceptors (Lipinski definition) is 6. The molecule has 0 radical (unpaired) electrons. The van der Waals surface area contributed by atoms with E-state index >= 15 is 0 Å². The molecule has 6 heteroatoms. The highest BCUT2D eigenvalue weighted by atomic mass is 16.7. The SMILES string of the molecule is C=CC(=O)O[C@@H](C)CCCCC[C@@H](CC[C@@H](C=C)OCOC)OCOC. The molecule has 0 spiro atoms. The van der Waals surface area contributed by atoms with Crippen LogP contribution in [0.5, 0.6) is 0 Å². The van der Waals surface area contributed by atoms with E-state index < -0.39 is 0 Å². The van der Waals surface area contributed by atoms with Crippen molar-refractivity contribution in [3.05, 3.63) is 25.3 Å². The first-order valence-electron chi connectivity index (χ1n) is 9.24. The summed E-state index contributed by atoms with van der Waals surface area (Å²) in [5.74, 6) is -0.363. The van der Waals surface area contributed by atoms with Crippen LogP contribution >= 0.6 is 0 Å². The third kappa shape index (κ3) is 14.0. The van der Waals surface area contributed by atoms with Gasteiger partial charge in [-0.3, -0.25) is 0 Å². The first-order chi connectivity index (χ1) is 12.6. The van der Waals surface area contributed by atoms with Gasteiger partial charge in [0.05, 0.1) is 18.3 Å². The Kier molecular flexibility index (Phi) is 16.4. The Balaban J connectivity index is 4.03. The summed E-state index contributed by atoms with van der Waals surface area (Å²) in [5, 5.41) is 0. The maximum atomic E-state index is 11.1. The van der Waals surface area contributed by atoms with Gasteiger partial charge in [-0.1, -0.05) is 25.5 Å². The van der Waals surface area contributed by atoms with Gasteiger partial charge in [0.1, 0.15) is 13.6 Å². The lowest BCUT2D eigenvalue weighted by Crippen LogP contribution is -2.19. The van der Waals surface area contributed by atoms with E-state index in [1.165, 1.54) is 6.08 Å². The highest BCUT2D eigenvalue weighted by Crippen LogP contribution is 2.17. The van der Waals surface area contributed by atoms with Crippen molar-refractivity contribution >= 4 is 5.97 Å². The summed E-state index contributed by atoms with van der Waals surface area (Å²) in [6.45, 7) is 9.65. The quantitative estimate of drug-likeness (QED) is 0.119. The highest BCUT2D eigenvalue weighted by Gasteiger charge is 2.13. The topological polar surface area (TPSA) is 63.2 Å². The number of methoxy groups -OCH3 is 2. The molecular formula is C20H36O6. The van der Waals surface area contributed by atoms with E-state index in [0.29, 0.717) is 0 Å². The first kappa shape index (κ1) is 24.8. The fourth-order valence-electron chi connectivity index (χ4n) is 2.54. The summed E-state index contributed by atoms with van der Waals surface area (Å²) in [6.07, 6.45) is 9.63. The van der Waals surface area contributed by atoms with Gasteiger partial charge in [-0.25, -0.2) is 4.79 Å². The van der Waals surface area contributed by atoms with Crippen LogP contribution in [-0.4, -0.2) is 52.1 Å². The second-order valence-electron chi connectivity index (χ2n) is 6.21. The molecule has 0 saturated heterocycles. The Bertz CT molecular complexity index is 371. The molecule has 0 fully saturated rings. The second kappa shape index (κ2) is 17.2. The van der Waals surface area contributed by atoms with Crippen LogP contribution in [-0.2, 0) is 28.5 Å². The average molecular weight is 373 g/mol. The molecule has 0 aromatic rings. The number of esters is 1. The van der Waals surface area contributed by atoms with E-state index in [0.717, 1.165) is 44.9 Å². The number of hydrogen-bond donors (Lipinski definition) is 0. The van der Waals surface area contributed by atoms with E-state index in [2.05, 4.69) is 13.2 Å². The lowest BCUT2D eigenvalue weighted by atomic mass is 10.0. The zero-order chi connectivity index (χ0) is 19.6. The van der Waals surface area contributed by atoms with Crippen LogP contribution in [0.25, 0.3) is 0 Å². The van der Waals surface area contributed by atoms with Gasteiger partial charge >= 0.3 is 5.97 Å². The Morgan fingerprint density at radius 3 is 2.19 bits per heavy atom. The maximum absolute atomic E-state index is 11.1. The van der Waals surface area contributed by atoms with Crippen LogP contribution < -0.4 is 0 Å². The van der Waals surface area contributed by atoms with Crippen LogP contribution in [0.1, 0.15) is 51.9 Å². The number of unbranched alkanes of at least 4 members (excludes halogenated alkanes) is 2. The summed E-state index contributed by atoms with van der Waals surface area (Å²) < 4.78 is 26.4. The molecule has 0 amide bonds. The van der Waals surface area contributed by atoms with Crippen LogP contribution in [0.4, 0.5) is 0 Å². The monoisotopic (exact) mass is 372 g/mol. The number of ether oxygens (including phenoxy) is 5. The number of carbonyl (C=O) groups excluding carboxylic acids is 1. The van der Waals surface area contributed by atoms with Gasteiger partial charge in [0, 0.05) is 20.3 Å². The van der Waals surface area contributed by atoms with Gasteiger partial charge in [-0.15, -0.1) is 6.58 Å². The molecule has 26 heavy (non-hydrogen) atoms. The number of rotatable bonds is 18. The van der Waals surface area contributed by atoms with Crippen molar-refractivity contribution < 1.29 is 28.5 Å². The third-order valence-electron chi connectivity index (χ3n) is 3.98. The maximum Gasteiger partial charge on any atom is 0.330 e. The van der Waals surface area contributed by atoms with Gasteiger partial charge in [-0.2, -0.15) is 0 Å². The zero-order valence-corrected chi connectivity index (χ0v) is 16.6. The molecule has 0 aliphatic rings. The fourth-order valence-corrected chi connectivity index (χ4v) is 2.54. The first-order valence-corrected chi connectivity index (χ1v) is 9.24. The molecule has 0 aliphatic carbocycles. The van der Waals surface area contributed by atoms with Gasteiger partial charge in [-0.05, 0) is 39.0 Å². The second-order valence-corrected chi connectivity index (χ2v) is 6.21. The largest absolute Gasteiger partial charge is 0.460 e. The average Bonchev–Trinajstić information content (AvgIpc) is 2.64. The molecule has 0 unspecified atom stereocenters. The Labute approximate surface area is 158 Å². The van der Waals surface area contributed by atoms with Crippen molar-refractivity contribution in [1.82, 2.24) is 0 Å². The van der Waals surface area contributed by atoms with Crippen molar-refractivity contribution in [1.29, 1.82) is 0 Å². The molecule has 0 rings (SSSR count). The zero-order valence-electron chi connectivity index (χ0n) is 16.6. The lowest BCUT2D eigenvalue weighted by molar-refractivity contribution is -0.142. The molecule has 3 atom stereocenters. The summed E-state index contributed by atoms with van der Waals surface area (Å²) >= 11 is 0. The van der Waals surface area contributed by atoms with E-state index in [4.69, 9.17) is 23.7 Å². The minimum atomic E-state index is -0.363. The van der Waals surface area contributed by atoms with E-state index in [1.54, 1.807) is 20.3 Å². The molecular weight excluding hydrogens is 336 g/mol. The van der Waals surface area contributed by atoms with E-state index in [9.17, 15) is 4.79 Å². The van der Waals surface area contributed by atoms with Crippen molar-refractivity contribution in [2.45, 2.75) is 70.2 Å². The van der Waals surface area contributed by atoms with Crippen molar-refractivity contribution in [2.24, 2.45) is 0 Å². The molecule has 0 aliphatic heterocycles. The Morgan fingerprint density at radius 1 is 0.923 bits per heavy atom. The molecule has 0 saturated carbocycles. The summed E-state index contributed by atoms with van der Waals surface area (Å²) in [5.41, 5.74) is 0. The summed E-state index contributed by atoms with van der Waals surface area (Å²) in [7, 11) is 3.22.